The minimum atomic E-state index is -1.09. The molecule has 0 saturated heterocycles. The van der Waals surface area contributed by atoms with Crippen molar-refractivity contribution < 1.29 is 24.6 Å². The maximum Gasteiger partial charge on any atom is 0.326 e. The number of halogens is 4. The van der Waals surface area contributed by atoms with Gasteiger partial charge in [0.1, 0.15) is 12.1 Å². The van der Waals surface area contributed by atoms with Gasteiger partial charge in [0.2, 0.25) is 5.91 Å². The van der Waals surface area contributed by atoms with Crippen LogP contribution in [-0.4, -0.2) is 40.1 Å². The average molecular weight is 599 g/mol. The first kappa shape index (κ1) is 27.4. The van der Waals surface area contributed by atoms with Crippen molar-refractivity contribution in [2.45, 2.75) is 31.8 Å². The van der Waals surface area contributed by atoms with Gasteiger partial charge in [0, 0.05) is 32.3 Å². The molecule has 2 aromatic rings. The normalized spacial score (nSPS) is 12.2. The van der Waals surface area contributed by atoms with Crippen LogP contribution in [0.1, 0.15) is 18.1 Å². The maximum atomic E-state index is 11.0. The second-order valence-corrected chi connectivity index (χ2v) is 9.06. The highest BCUT2D eigenvalue weighted by atomic mass is 79.9. The number of hydrogen-bond acceptors (Lipinski definition) is 4. The summed E-state index contributed by atoms with van der Waals surface area (Å²) in [7, 11) is 0. The zero-order valence-corrected chi connectivity index (χ0v) is 20.9. The molecule has 11 heteroatoms. The lowest BCUT2D eigenvalue weighted by Crippen LogP contribution is -2.41. The number of carboxylic acid groups (broad SMARTS) is 2. The van der Waals surface area contributed by atoms with E-state index in [-0.39, 0.29) is 18.7 Å². The second kappa shape index (κ2) is 13.0. The Labute approximate surface area is 206 Å². The maximum absolute atomic E-state index is 11.0. The van der Waals surface area contributed by atoms with Gasteiger partial charge in [0.25, 0.3) is 0 Å². The summed E-state index contributed by atoms with van der Waals surface area (Å²) < 4.78 is 1.67. The molecule has 168 valence electrons. The fraction of sp³-hybridized carbons (Fsp3) is 0.250. The van der Waals surface area contributed by atoms with E-state index in [1.165, 1.54) is 6.92 Å². The summed E-state index contributed by atoms with van der Waals surface area (Å²) in [5.41, 5.74) is 6.80. The molecule has 0 aliphatic heterocycles. The minimum absolute atomic E-state index is 0.146. The highest BCUT2D eigenvalue weighted by molar-refractivity contribution is 9.10. The molecule has 0 spiro atoms. The van der Waals surface area contributed by atoms with Crippen LogP contribution in [0.4, 0.5) is 0 Å². The Morgan fingerprint density at radius 3 is 1.77 bits per heavy atom. The van der Waals surface area contributed by atoms with Gasteiger partial charge in [-0.25, -0.2) is 4.79 Å². The quantitative estimate of drug-likeness (QED) is 0.376. The van der Waals surface area contributed by atoms with E-state index in [2.05, 4.69) is 37.2 Å². The second-order valence-electron chi connectivity index (χ2n) is 6.42. The fourth-order valence-electron chi connectivity index (χ4n) is 2.39. The van der Waals surface area contributed by atoms with Gasteiger partial charge in [-0.15, -0.1) is 0 Å². The first-order chi connectivity index (χ1) is 14.4. The molecule has 0 heterocycles. The van der Waals surface area contributed by atoms with Gasteiger partial charge < -0.3 is 21.3 Å². The molecule has 2 atom stereocenters. The zero-order chi connectivity index (χ0) is 23.7. The van der Waals surface area contributed by atoms with Crippen molar-refractivity contribution in [1.29, 1.82) is 0 Å². The van der Waals surface area contributed by atoms with Crippen molar-refractivity contribution >= 4 is 72.9 Å². The van der Waals surface area contributed by atoms with Crippen molar-refractivity contribution in [3.63, 3.8) is 0 Å². The molecule has 0 fully saturated rings. The van der Waals surface area contributed by atoms with Crippen molar-refractivity contribution in [2.24, 2.45) is 5.73 Å². The van der Waals surface area contributed by atoms with E-state index in [0.29, 0.717) is 15.6 Å². The third-order valence-corrected chi connectivity index (χ3v) is 5.60. The molecule has 5 N–H and O–H groups in total. The first-order valence-electron chi connectivity index (χ1n) is 8.76. The number of nitrogens with two attached hydrogens (primary N) is 1. The number of aliphatic carboxylic acids is 2. The minimum Gasteiger partial charge on any atom is -0.480 e. The van der Waals surface area contributed by atoms with Crippen molar-refractivity contribution in [3.05, 3.63) is 66.5 Å². The number of nitrogens with one attached hydrogen (secondary N) is 1. The van der Waals surface area contributed by atoms with Gasteiger partial charge >= 0.3 is 11.9 Å². The molecule has 0 bridgehead atoms. The third kappa shape index (κ3) is 10.0. The standard InChI is InChI=1S/C11H11BrClNO3.C9H9BrClNO2/c1-6(15)14-10(11(16)17)5-7-4-8(12)2-3-9(7)13;10-6-1-2-7(11)5(3-6)4-8(12)9(13)14/h2-4,10H,5H2,1H3,(H,14,15)(H,16,17);1-3,8H,4,12H2,(H,13,14)/t;8-/m.0/s1. The number of carbonyl (C=O) groups excluding carboxylic acids is 1. The zero-order valence-electron chi connectivity index (χ0n) is 16.2. The molecule has 2 rings (SSSR count). The summed E-state index contributed by atoms with van der Waals surface area (Å²) in [6.45, 7) is 1.28. The fourth-order valence-corrected chi connectivity index (χ4v) is 3.60. The van der Waals surface area contributed by atoms with Crippen LogP contribution >= 0.6 is 55.1 Å². The first-order valence-corrected chi connectivity index (χ1v) is 11.1. The van der Waals surface area contributed by atoms with Crippen molar-refractivity contribution in [3.8, 4) is 0 Å². The number of carboxylic acids is 2. The van der Waals surface area contributed by atoms with Gasteiger partial charge in [-0.1, -0.05) is 55.1 Å². The average Bonchev–Trinajstić information content (AvgIpc) is 2.67. The van der Waals surface area contributed by atoms with E-state index in [1.54, 1.807) is 36.4 Å². The van der Waals surface area contributed by atoms with E-state index in [1.807, 2.05) is 0 Å². The Balaban J connectivity index is 0.000000316. The topological polar surface area (TPSA) is 130 Å². The van der Waals surface area contributed by atoms with Crippen LogP contribution in [0.25, 0.3) is 0 Å². The highest BCUT2D eigenvalue weighted by Gasteiger charge is 2.20. The summed E-state index contributed by atoms with van der Waals surface area (Å²) in [5, 5.41) is 21.0. The van der Waals surface area contributed by atoms with Crippen LogP contribution in [-0.2, 0) is 27.2 Å². The summed E-state index contributed by atoms with van der Waals surface area (Å²) in [6, 6.07) is 8.55. The van der Waals surface area contributed by atoms with E-state index >= 15 is 0 Å². The molecule has 0 aliphatic carbocycles. The van der Waals surface area contributed by atoms with Crippen LogP contribution < -0.4 is 11.1 Å². The van der Waals surface area contributed by atoms with Gasteiger partial charge in [-0.3, -0.25) is 9.59 Å². The van der Waals surface area contributed by atoms with Crippen molar-refractivity contribution in [1.82, 2.24) is 5.32 Å². The van der Waals surface area contributed by atoms with E-state index < -0.39 is 24.0 Å². The monoisotopic (exact) mass is 596 g/mol. The predicted molar refractivity (Wildman–Crippen MR) is 127 cm³/mol. The van der Waals surface area contributed by atoms with Crippen LogP contribution in [0.5, 0.6) is 0 Å². The molecule has 0 radical (unpaired) electrons. The van der Waals surface area contributed by atoms with Crippen LogP contribution in [0.3, 0.4) is 0 Å². The van der Waals surface area contributed by atoms with Crippen LogP contribution in [0.15, 0.2) is 45.3 Å². The molecule has 0 saturated carbocycles. The number of carbonyl (C=O) groups is 3. The third-order valence-electron chi connectivity index (χ3n) is 3.87. The Bertz CT molecular complexity index is 959. The SMILES string of the molecule is CC(=O)NC(Cc1cc(Br)ccc1Cl)C(=O)O.N[C@@H](Cc1cc(Br)ccc1Cl)C(=O)O. The van der Waals surface area contributed by atoms with Crippen LogP contribution in [0.2, 0.25) is 10.0 Å². The van der Waals surface area contributed by atoms with E-state index in [9.17, 15) is 14.4 Å². The molecule has 0 aromatic heterocycles. The number of amides is 1. The van der Waals surface area contributed by atoms with E-state index in [4.69, 9.17) is 39.1 Å². The van der Waals surface area contributed by atoms with Crippen molar-refractivity contribution in [2.75, 3.05) is 0 Å². The number of hydrogen-bond donors (Lipinski definition) is 4. The number of benzene rings is 2. The summed E-state index contributed by atoms with van der Waals surface area (Å²) in [5.74, 6) is -2.50. The summed E-state index contributed by atoms with van der Waals surface area (Å²) in [6.07, 6.45) is 0.376. The van der Waals surface area contributed by atoms with Crippen LogP contribution in [0, 0.1) is 0 Å². The van der Waals surface area contributed by atoms with Gasteiger partial charge in [0.15, 0.2) is 0 Å². The molecular weight excluding hydrogens is 579 g/mol. The Kier molecular flexibility index (Phi) is 11.5. The lowest BCUT2D eigenvalue weighted by molar-refractivity contribution is -0.141. The summed E-state index contributed by atoms with van der Waals surface area (Å²) in [4.78, 5) is 32.4. The largest absolute Gasteiger partial charge is 0.480 e. The van der Waals surface area contributed by atoms with Gasteiger partial charge in [-0.05, 0) is 53.9 Å². The molecule has 31 heavy (non-hydrogen) atoms. The Morgan fingerprint density at radius 1 is 0.935 bits per heavy atom. The predicted octanol–water partition coefficient (Wildman–Crippen LogP) is 4.29. The lowest BCUT2D eigenvalue weighted by Gasteiger charge is -2.14. The van der Waals surface area contributed by atoms with E-state index in [0.717, 1.165) is 14.5 Å². The van der Waals surface area contributed by atoms with Gasteiger partial charge in [0.05, 0.1) is 0 Å². The Morgan fingerprint density at radius 2 is 1.39 bits per heavy atom. The lowest BCUT2D eigenvalue weighted by atomic mass is 10.1. The molecule has 1 amide bonds. The molecular formula is C20H20Br2Cl2N2O5. The molecule has 1 unspecified atom stereocenters. The Hall–Kier alpha value is -1.65. The molecule has 0 aliphatic rings. The smallest absolute Gasteiger partial charge is 0.326 e. The number of rotatable bonds is 7. The highest BCUT2D eigenvalue weighted by Crippen LogP contribution is 2.23. The summed E-state index contributed by atoms with van der Waals surface area (Å²) >= 11 is 18.4. The molecule has 7 nitrogen and oxygen atoms in total. The molecule has 2 aromatic carbocycles. The van der Waals surface area contributed by atoms with Gasteiger partial charge in [-0.2, -0.15) is 0 Å².